The van der Waals surface area contributed by atoms with Crippen LogP contribution in [0, 0.1) is 6.92 Å². The minimum absolute atomic E-state index is 0.0304. The summed E-state index contributed by atoms with van der Waals surface area (Å²) in [5.41, 5.74) is 0.833. The summed E-state index contributed by atoms with van der Waals surface area (Å²) in [5.74, 6) is -0.263. The first-order chi connectivity index (χ1) is 11.6. The molecule has 3 aromatic rings. The summed E-state index contributed by atoms with van der Waals surface area (Å²) in [5, 5.41) is 10.5. The van der Waals surface area contributed by atoms with Crippen molar-refractivity contribution in [3.8, 4) is 5.69 Å². The van der Waals surface area contributed by atoms with Crippen molar-refractivity contribution in [3.05, 3.63) is 59.6 Å². The lowest BCUT2D eigenvalue weighted by Gasteiger charge is -2.06. The second kappa shape index (κ2) is 6.37. The number of ether oxygens (including phenoxy) is 1. The van der Waals surface area contributed by atoms with Crippen LogP contribution in [0.3, 0.4) is 0 Å². The zero-order valence-corrected chi connectivity index (χ0v) is 13.0. The Kier molecular flexibility index (Phi) is 4.11. The molecule has 0 aliphatic carbocycles. The second-order valence-electron chi connectivity index (χ2n) is 4.93. The van der Waals surface area contributed by atoms with Crippen LogP contribution >= 0.6 is 0 Å². The minimum Gasteiger partial charge on any atom is -0.464 e. The average Bonchev–Trinajstić information content (AvgIpc) is 3.21. The van der Waals surface area contributed by atoms with Gasteiger partial charge in [0.25, 0.3) is 5.91 Å². The summed E-state index contributed by atoms with van der Waals surface area (Å²) in [6.45, 7) is 1.71. The smallest absolute Gasteiger partial charge is 0.358 e. The molecule has 1 aromatic carbocycles. The molecule has 1 N–H and O–H groups in total. The Hall–Kier alpha value is -3.42. The highest BCUT2D eigenvalue weighted by molar-refractivity contribution is 6.04. The van der Waals surface area contributed by atoms with Gasteiger partial charge in [-0.2, -0.15) is 5.10 Å². The largest absolute Gasteiger partial charge is 0.464 e. The molecule has 0 fully saturated rings. The van der Waals surface area contributed by atoms with Gasteiger partial charge in [-0.3, -0.25) is 4.79 Å². The Morgan fingerprint density at radius 3 is 2.58 bits per heavy atom. The normalized spacial score (nSPS) is 10.4. The summed E-state index contributed by atoms with van der Waals surface area (Å²) in [6.07, 6.45) is 0. The van der Waals surface area contributed by atoms with E-state index in [1.807, 2.05) is 6.07 Å². The van der Waals surface area contributed by atoms with E-state index in [0.29, 0.717) is 11.4 Å². The van der Waals surface area contributed by atoms with E-state index in [2.05, 4.69) is 20.3 Å². The third-order valence-corrected chi connectivity index (χ3v) is 3.21. The zero-order valence-electron chi connectivity index (χ0n) is 13.0. The molecule has 0 atom stereocenters. The van der Waals surface area contributed by atoms with Gasteiger partial charge in [-0.25, -0.2) is 9.48 Å². The summed E-state index contributed by atoms with van der Waals surface area (Å²) in [4.78, 5) is 24.3. The maximum atomic E-state index is 12.5. The number of nitrogens with one attached hydrogen (secondary N) is 1. The van der Waals surface area contributed by atoms with Gasteiger partial charge in [-0.1, -0.05) is 23.4 Å². The Labute approximate surface area is 137 Å². The fraction of sp³-hybridized carbons (Fsp3) is 0.125. The molecular formula is C16H14N4O4. The van der Waals surface area contributed by atoms with Gasteiger partial charge in [0.1, 0.15) is 11.5 Å². The predicted molar refractivity (Wildman–Crippen MR) is 84.1 cm³/mol. The number of anilines is 1. The summed E-state index contributed by atoms with van der Waals surface area (Å²) in [7, 11) is 1.25. The molecule has 3 rings (SSSR count). The van der Waals surface area contributed by atoms with Crippen molar-refractivity contribution in [2.75, 3.05) is 12.4 Å². The number of aryl methyl sites for hydroxylation is 1. The number of hydrogen-bond donors (Lipinski definition) is 1. The summed E-state index contributed by atoms with van der Waals surface area (Å²) in [6, 6.07) is 11.9. The topological polar surface area (TPSA) is 99.3 Å². The molecular weight excluding hydrogens is 312 g/mol. The van der Waals surface area contributed by atoms with Crippen molar-refractivity contribution in [2.24, 2.45) is 0 Å². The number of carbonyl (C=O) groups is 2. The maximum Gasteiger partial charge on any atom is 0.358 e. The van der Waals surface area contributed by atoms with E-state index < -0.39 is 11.9 Å². The van der Waals surface area contributed by atoms with Gasteiger partial charge in [0.2, 0.25) is 0 Å². The zero-order chi connectivity index (χ0) is 17.1. The molecule has 8 nitrogen and oxygen atoms in total. The third-order valence-electron chi connectivity index (χ3n) is 3.21. The monoisotopic (exact) mass is 326 g/mol. The molecule has 2 heterocycles. The Bertz CT molecular complexity index is 883. The first-order valence-corrected chi connectivity index (χ1v) is 7.07. The lowest BCUT2D eigenvalue weighted by Crippen LogP contribution is -2.17. The number of methoxy groups -OCH3 is 1. The third kappa shape index (κ3) is 3.02. The molecule has 8 heteroatoms. The highest BCUT2D eigenvalue weighted by Gasteiger charge is 2.21. The van der Waals surface area contributed by atoms with Crippen LogP contribution in [-0.4, -0.2) is 33.9 Å². The number of nitrogens with zero attached hydrogens (tertiary/aromatic N) is 3. The van der Waals surface area contributed by atoms with Gasteiger partial charge in [-0.15, -0.1) is 0 Å². The minimum atomic E-state index is -0.629. The Morgan fingerprint density at radius 1 is 1.21 bits per heavy atom. The van der Waals surface area contributed by atoms with E-state index in [0.717, 1.165) is 0 Å². The van der Waals surface area contributed by atoms with Gasteiger partial charge in [0.05, 0.1) is 12.8 Å². The van der Waals surface area contributed by atoms with Gasteiger partial charge < -0.3 is 14.6 Å². The number of esters is 1. The van der Waals surface area contributed by atoms with E-state index in [1.54, 1.807) is 37.3 Å². The quantitative estimate of drug-likeness (QED) is 0.738. The van der Waals surface area contributed by atoms with Crippen molar-refractivity contribution in [1.29, 1.82) is 0 Å². The molecule has 0 saturated carbocycles. The number of carbonyl (C=O) groups excluding carboxylic acids is 2. The molecule has 0 aliphatic rings. The highest BCUT2D eigenvalue weighted by atomic mass is 16.5. The lowest BCUT2D eigenvalue weighted by atomic mass is 10.3. The summed E-state index contributed by atoms with van der Waals surface area (Å²) >= 11 is 0. The molecule has 0 bridgehead atoms. The van der Waals surface area contributed by atoms with E-state index in [9.17, 15) is 9.59 Å². The second-order valence-corrected chi connectivity index (χ2v) is 4.93. The van der Waals surface area contributed by atoms with Crippen LogP contribution in [0.2, 0.25) is 0 Å². The summed E-state index contributed by atoms with van der Waals surface area (Å²) < 4.78 is 11.0. The molecule has 122 valence electrons. The SMILES string of the molecule is COC(=O)c1cc(C(=O)Nc2cc(C)on2)n(-c2ccccc2)n1. The molecule has 0 spiro atoms. The molecule has 1 amide bonds. The molecule has 0 saturated heterocycles. The standard InChI is InChI=1S/C16H14N4O4/c1-10-8-14(19-24-10)17-15(21)13-9-12(16(22)23-2)18-20(13)11-6-4-3-5-7-11/h3-9H,1-2H3,(H,17,19,21). The number of amides is 1. The van der Waals surface area contributed by atoms with Crippen molar-refractivity contribution in [3.63, 3.8) is 0 Å². The first kappa shape index (κ1) is 15.5. The van der Waals surface area contributed by atoms with Crippen LogP contribution in [0.1, 0.15) is 26.7 Å². The number of rotatable bonds is 4. The average molecular weight is 326 g/mol. The van der Waals surface area contributed by atoms with Gasteiger partial charge in [-0.05, 0) is 19.1 Å². The van der Waals surface area contributed by atoms with Gasteiger partial charge in [0.15, 0.2) is 11.5 Å². The van der Waals surface area contributed by atoms with Crippen molar-refractivity contribution >= 4 is 17.7 Å². The van der Waals surface area contributed by atoms with Crippen molar-refractivity contribution in [2.45, 2.75) is 6.92 Å². The number of benzene rings is 1. The molecule has 0 unspecified atom stereocenters. The number of hydrogen-bond acceptors (Lipinski definition) is 6. The number of para-hydroxylation sites is 1. The van der Waals surface area contributed by atoms with E-state index in [1.165, 1.54) is 17.9 Å². The number of aromatic nitrogens is 3. The van der Waals surface area contributed by atoms with E-state index >= 15 is 0 Å². The van der Waals surface area contributed by atoms with Crippen LogP contribution in [0.5, 0.6) is 0 Å². The van der Waals surface area contributed by atoms with Gasteiger partial charge >= 0.3 is 5.97 Å². The van der Waals surface area contributed by atoms with Crippen molar-refractivity contribution < 1.29 is 18.8 Å². The molecule has 2 aromatic heterocycles. The van der Waals surface area contributed by atoms with Crippen LogP contribution in [0.25, 0.3) is 5.69 Å². The predicted octanol–water partition coefficient (Wildman–Crippen LogP) is 2.21. The lowest BCUT2D eigenvalue weighted by molar-refractivity contribution is 0.0593. The van der Waals surface area contributed by atoms with Crippen LogP contribution in [0.4, 0.5) is 5.82 Å². The van der Waals surface area contributed by atoms with E-state index in [-0.39, 0.29) is 17.2 Å². The highest BCUT2D eigenvalue weighted by Crippen LogP contribution is 2.16. The van der Waals surface area contributed by atoms with E-state index in [4.69, 9.17) is 4.52 Å². The molecule has 0 radical (unpaired) electrons. The van der Waals surface area contributed by atoms with Crippen LogP contribution in [-0.2, 0) is 4.74 Å². The fourth-order valence-electron chi connectivity index (χ4n) is 2.12. The first-order valence-electron chi connectivity index (χ1n) is 7.07. The Morgan fingerprint density at radius 2 is 1.96 bits per heavy atom. The van der Waals surface area contributed by atoms with Crippen LogP contribution < -0.4 is 5.32 Å². The fourth-order valence-corrected chi connectivity index (χ4v) is 2.12. The van der Waals surface area contributed by atoms with Crippen LogP contribution in [0.15, 0.2) is 47.0 Å². The Balaban J connectivity index is 2.00. The molecule has 24 heavy (non-hydrogen) atoms. The van der Waals surface area contributed by atoms with Gasteiger partial charge in [0, 0.05) is 12.1 Å². The maximum absolute atomic E-state index is 12.5. The molecule has 0 aliphatic heterocycles. The van der Waals surface area contributed by atoms with Crippen molar-refractivity contribution in [1.82, 2.24) is 14.9 Å².